The van der Waals surface area contributed by atoms with Gasteiger partial charge < -0.3 is 10.1 Å². The third-order valence-electron chi connectivity index (χ3n) is 1.73. The van der Waals surface area contributed by atoms with Gasteiger partial charge in [0.25, 0.3) is 0 Å². The van der Waals surface area contributed by atoms with Crippen LogP contribution >= 0.6 is 11.6 Å². The van der Waals surface area contributed by atoms with E-state index in [1.165, 1.54) is 13.2 Å². The molecule has 14 heavy (non-hydrogen) atoms. The molecule has 1 N–H and O–H groups in total. The number of nitrogens with zero attached hydrogens (tertiary/aromatic N) is 1. The van der Waals surface area contributed by atoms with Crippen LogP contribution in [0.1, 0.15) is 6.92 Å². The number of hydrogen-bond acceptors (Lipinski definition) is 4. The monoisotopic (exact) mass is 214 g/mol. The zero-order chi connectivity index (χ0) is 10.6. The second-order valence-electron chi connectivity index (χ2n) is 2.63. The zero-order valence-corrected chi connectivity index (χ0v) is 8.76. The third-order valence-corrected chi connectivity index (χ3v) is 2.05. The molecule has 0 amide bonds. The summed E-state index contributed by atoms with van der Waals surface area (Å²) in [6.07, 6.45) is 0. The third kappa shape index (κ3) is 2.14. The first-order valence-electron chi connectivity index (χ1n) is 4.17. The Morgan fingerprint density at radius 1 is 1.57 bits per heavy atom. The first-order valence-corrected chi connectivity index (χ1v) is 4.55. The number of ether oxygens (including phenoxy) is 1. The van der Waals surface area contributed by atoms with Crippen molar-refractivity contribution in [3.63, 3.8) is 0 Å². The highest BCUT2D eigenvalue weighted by atomic mass is 35.5. The molecule has 5 heteroatoms. The van der Waals surface area contributed by atoms with E-state index >= 15 is 0 Å². The Kier molecular flexibility index (Phi) is 3.71. The average Bonchev–Trinajstić information content (AvgIpc) is 2.20. The highest BCUT2D eigenvalue weighted by Gasteiger charge is 2.08. The van der Waals surface area contributed by atoms with Crippen LogP contribution in [0, 0.1) is 4.91 Å². The smallest absolute Gasteiger partial charge is 0.151 e. The van der Waals surface area contributed by atoms with E-state index in [0.717, 1.165) is 12.2 Å². The quantitative estimate of drug-likeness (QED) is 0.784. The minimum Gasteiger partial charge on any atom is -0.494 e. The summed E-state index contributed by atoms with van der Waals surface area (Å²) < 4.78 is 4.99. The number of halogens is 1. The van der Waals surface area contributed by atoms with Crippen LogP contribution in [0.3, 0.4) is 0 Å². The lowest BCUT2D eigenvalue weighted by Crippen LogP contribution is -1.97. The van der Waals surface area contributed by atoms with Crippen LogP contribution in [0.5, 0.6) is 5.75 Å². The van der Waals surface area contributed by atoms with Crippen LogP contribution in [0.2, 0.25) is 5.02 Å². The van der Waals surface area contributed by atoms with Crippen molar-refractivity contribution in [2.75, 3.05) is 19.0 Å². The molecule has 0 heterocycles. The van der Waals surface area contributed by atoms with Crippen molar-refractivity contribution < 1.29 is 4.74 Å². The minimum absolute atomic E-state index is 0.208. The molecule has 0 aromatic heterocycles. The molecular formula is C9H11ClN2O2. The summed E-state index contributed by atoms with van der Waals surface area (Å²) in [5.74, 6) is 0.417. The summed E-state index contributed by atoms with van der Waals surface area (Å²) in [6.45, 7) is 2.70. The molecule has 0 saturated carbocycles. The summed E-state index contributed by atoms with van der Waals surface area (Å²) >= 11 is 5.90. The summed E-state index contributed by atoms with van der Waals surface area (Å²) in [6, 6.07) is 3.13. The molecule has 0 saturated heterocycles. The van der Waals surface area contributed by atoms with Gasteiger partial charge in [-0.3, -0.25) is 0 Å². The van der Waals surface area contributed by atoms with Gasteiger partial charge in [-0.2, -0.15) is 0 Å². The van der Waals surface area contributed by atoms with Crippen molar-refractivity contribution in [3.8, 4) is 5.75 Å². The topological polar surface area (TPSA) is 50.7 Å². The van der Waals surface area contributed by atoms with Crippen molar-refractivity contribution in [2.45, 2.75) is 6.92 Å². The molecule has 0 spiro atoms. The van der Waals surface area contributed by atoms with Crippen LogP contribution in [-0.2, 0) is 0 Å². The van der Waals surface area contributed by atoms with Crippen molar-refractivity contribution in [1.29, 1.82) is 0 Å². The molecule has 0 aliphatic rings. The van der Waals surface area contributed by atoms with E-state index in [-0.39, 0.29) is 5.69 Å². The second kappa shape index (κ2) is 4.81. The molecule has 1 aromatic rings. The number of hydrogen-bond donors (Lipinski definition) is 1. The average molecular weight is 215 g/mol. The molecule has 0 radical (unpaired) electrons. The van der Waals surface area contributed by atoms with E-state index < -0.39 is 0 Å². The Bertz CT molecular complexity index is 342. The van der Waals surface area contributed by atoms with Crippen LogP contribution < -0.4 is 10.1 Å². The van der Waals surface area contributed by atoms with Crippen LogP contribution in [0.4, 0.5) is 11.4 Å². The molecule has 0 atom stereocenters. The number of benzene rings is 1. The second-order valence-corrected chi connectivity index (χ2v) is 3.03. The number of nitroso groups, excluding NO2 is 1. The predicted molar refractivity (Wildman–Crippen MR) is 57.6 cm³/mol. The molecule has 0 unspecified atom stereocenters. The van der Waals surface area contributed by atoms with Gasteiger partial charge in [-0.15, -0.1) is 4.91 Å². The Hall–Kier alpha value is -1.29. The summed E-state index contributed by atoms with van der Waals surface area (Å²) in [5, 5.41) is 6.32. The Morgan fingerprint density at radius 2 is 2.29 bits per heavy atom. The molecule has 76 valence electrons. The lowest BCUT2D eigenvalue weighted by molar-refractivity contribution is 0.416. The van der Waals surface area contributed by atoms with Gasteiger partial charge in [0.05, 0.1) is 17.8 Å². The fourth-order valence-corrected chi connectivity index (χ4v) is 1.33. The molecule has 0 fully saturated rings. The molecule has 0 aliphatic heterocycles. The van der Waals surface area contributed by atoms with Crippen LogP contribution in [0.15, 0.2) is 17.3 Å². The predicted octanol–water partition coefficient (Wildman–Crippen LogP) is 3.18. The Morgan fingerprint density at radius 3 is 2.79 bits per heavy atom. The van der Waals surface area contributed by atoms with E-state index in [1.807, 2.05) is 6.92 Å². The summed E-state index contributed by atoms with van der Waals surface area (Å²) in [5.41, 5.74) is 0.942. The largest absolute Gasteiger partial charge is 0.494 e. The van der Waals surface area contributed by atoms with Gasteiger partial charge in [-0.25, -0.2) is 0 Å². The van der Waals surface area contributed by atoms with Crippen molar-refractivity contribution in [3.05, 3.63) is 22.1 Å². The Labute approximate surface area is 87.2 Å². The van der Waals surface area contributed by atoms with E-state index in [1.54, 1.807) is 6.07 Å². The maximum atomic E-state index is 10.4. The van der Waals surface area contributed by atoms with Gasteiger partial charge in [0.15, 0.2) is 5.69 Å². The molecular weight excluding hydrogens is 204 g/mol. The summed E-state index contributed by atoms with van der Waals surface area (Å²) in [4.78, 5) is 10.4. The maximum absolute atomic E-state index is 10.4. The molecule has 1 rings (SSSR count). The highest BCUT2D eigenvalue weighted by molar-refractivity contribution is 6.33. The first-order chi connectivity index (χ1) is 6.72. The minimum atomic E-state index is 0.208. The first kappa shape index (κ1) is 10.8. The Balaban J connectivity index is 3.15. The number of nitrogens with one attached hydrogen (secondary N) is 1. The van der Waals surface area contributed by atoms with E-state index in [9.17, 15) is 4.91 Å². The normalized spacial score (nSPS) is 9.64. The van der Waals surface area contributed by atoms with Crippen molar-refractivity contribution >= 4 is 23.0 Å². The fraction of sp³-hybridized carbons (Fsp3) is 0.333. The van der Waals surface area contributed by atoms with Gasteiger partial charge in [-0.1, -0.05) is 11.6 Å². The standard InChI is InChI=1S/C9H11ClN2O2/c1-3-11-7-5-9(14-2)8(12-13)4-6(7)10/h4-5,11H,3H2,1-2H3. The van der Waals surface area contributed by atoms with Gasteiger partial charge >= 0.3 is 0 Å². The SMILES string of the molecule is CCNc1cc(OC)c(N=O)cc1Cl. The summed E-state index contributed by atoms with van der Waals surface area (Å²) in [7, 11) is 1.48. The maximum Gasteiger partial charge on any atom is 0.151 e. The van der Waals surface area contributed by atoms with Gasteiger partial charge in [0.2, 0.25) is 0 Å². The lowest BCUT2D eigenvalue weighted by Gasteiger charge is -2.09. The van der Waals surface area contributed by atoms with Crippen molar-refractivity contribution in [2.24, 2.45) is 5.18 Å². The van der Waals surface area contributed by atoms with Crippen LogP contribution in [0.25, 0.3) is 0 Å². The van der Waals surface area contributed by atoms with Crippen LogP contribution in [-0.4, -0.2) is 13.7 Å². The van der Waals surface area contributed by atoms with E-state index in [0.29, 0.717) is 10.8 Å². The lowest BCUT2D eigenvalue weighted by atomic mass is 10.2. The molecule has 1 aromatic carbocycles. The van der Waals surface area contributed by atoms with Gasteiger partial charge in [-0.05, 0) is 18.2 Å². The fourth-order valence-electron chi connectivity index (χ4n) is 1.10. The molecule has 0 bridgehead atoms. The number of anilines is 1. The highest BCUT2D eigenvalue weighted by Crippen LogP contribution is 2.35. The van der Waals surface area contributed by atoms with Gasteiger partial charge in [0, 0.05) is 12.6 Å². The van der Waals surface area contributed by atoms with E-state index in [2.05, 4.69) is 10.5 Å². The molecule has 0 aliphatic carbocycles. The molecule has 4 nitrogen and oxygen atoms in total. The number of methoxy groups -OCH3 is 1. The number of rotatable bonds is 4. The van der Waals surface area contributed by atoms with Gasteiger partial charge in [0.1, 0.15) is 5.75 Å². The van der Waals surface area contributed by atoms with E-state index in [4.69, 9.17) is 16.3 Å². The zero-order valence-electron chi connectivity index (χ0n) is 8.00. The van der Waals surface area contributed by atoms with Crippen molar-refractivity contribution in [1.82, 2.24) is 0 Å².